The molecule has 498 valence electrons. The van der Waals surface area contributed by atoms with E-state index in [4.69, 9.17) is 4.74 Å². The van der Waals surface area contributed by atoms with E-state index in [2.05, 4.69) is 67.8 Å². The van der Waals surface area contributed by atoms with E-state index in [0.29, 0.717) is 19.4 Å². The van der Waals surface area contributed by atoms with E-state index < -0.39 is 12.1 Å². The number of aliphatic hydroxyl groups is 2. The number of aliphatic hydroxyl groups excluding tert-OH is 2. The summed E-state index contributed by atoms with van der Waals surface area (Å²) < 4.78 is 5.51. The molecule has 2 unspecified atom stereocenters. The molecule has 0 spiro atoms. The maximum atomic E-state index is 12.4. The minimum Gasteiger partial charge on any atom is -0.466 e. The molecule has 3 N–H and O–H groups in total. The zero-order valence-corrected chi connectivity index (χ0v) is 57.1. The molecular weight excluding hydrogens is 1040 g/mol. The standard InChI is InChI=1S/C79H147NO5/c1-3-5-7-9-11-13-15-16-17-18-43-46-49-53-57-61-65-69-73-79(84)85-74-70-66-62-58-54-50-47-44-41-39-37-35-33-31-29-27-25-23-21-19-20-22-24-26-28-30-32-34-36-38-40-42-45-48-52-56-60-64-68-72-78(83)80-76(75-81)77(82)71-67-63-59-55-51-14-12-10-8-6-4-2/h13,15,17-20,23,25,67,71,76-77,81-82H,3-12,14,16,21-22,24,26-66,68-70,72-75H2,1-2H3,(H,80,83)/b15-13-,18-17-,20-19-,25-23-,71-67+. The van der Waals surface area contributed by atoms with Crippen LogP contribution < -0.4 is 5.32 Å². The summed E-state index contributed by atoms with van der Waals surface area (Å²) in [6, 6.07) is -0.625. The molecule has 0 aromatic heterocycles. The quantitative estimate of drug-likeness (QED) is 0.0320. The number of allylic oxidation sites excluding steroid dienone is 9. The van der Waals surface area contributed by atoms with Crippen LogP contribution in [-0.4, -0.2) is 47.4 Å². The summed E-state index contributed by atoms with van der Waals surface area (Å²) >= 11 is 0. The number of amides is 1. The molecule has 0 aliphatic carbocycles. The van der Waals surface area contributed by atoms with Crippen molar-refractivity contribution in [1.29, 1.82) is 0 Å². The topological polar surface area (TPSA) is 95.9 Å². The van der Waals surface area contributed by atoms with Gasteiger partial charge in [-0.3, -0.25) is 9.59 Å². The molecule has 0 aliphatic rings. The lowest BCUT2D eigenvalue weighted by Crippen LogP contribution is -2.45. The molecule has 0 saturated heterocycles. The molecule has 0 aromatic carbocycles. The lowest BCUT2D eigenvalue weighted by Gasteiger charge is -2.20. The third-order valence-electron chi connectivity index (χ3n) is 17.5. The molecule has 2 atom stereocenters. The summed E-state index contributed by atoms with van der Waals surface area (Å²) in [6.07, 6.45) is 99.2. The Morgan fingerprint density at radius 1 is 0.329 bits per heavy atom. The molecule has 85 heavy (non-hydrogen) atoms. The van der Waals surface area contributed by atoms with Gasteiger partial charge >= 0.3 is 5.97 Å². The van der Waals surface area contributed by atoms with E-state index in [-0.39, 0.29) is 18.5 Å². The molecule has 0 heterocycles. The fourth-order valence-electron chi connectivity index (χ4n) is 11.7. The van der Waals surface area contributed by atoms with Crippen LogP contribution in [0.25, 0.3) is 0 Å². The highest BCUT2D eigenvalue weighted by Crippen LogP contribution is 2.18. The lowest BCUT2D eigenvalue weighted by atomic mass is 10.0. The van der Waals surface area contributed by atoms with Crippen LogP contribution in [0.1, 0.15) is 406 Å². The van der Waals surface area contributed by atoms with Crippen LogP contribution >= 0.6 is 0 Å². The Morgan fingerprint density at radius 3 is 0.906 bits per heavy atom. The summed E-state index contributed by atoms with van der Waals surface area (Å²) in [6.45, 7) is 4.89. The van der Waals surface area contributed by atoms with Gasteiger partial charge in [0.1, 0.15) is 0 Å². The van der Waals surface area contributed by atoms with Gasteiger partial charge in [0, 0.05) is 12.8 Å². The van der Waals surface area contributed by atoms with E-state index in [1.165, 1.54) is 321 Å². The van der Waals surface area contributed by atoms with Gasteiger partial charge in [0.05, 0.1) is 25.4 Å². The smallest absolute Gasteiger partial charge is 0.305 e. The first-order valence-corrected chi connectivity index (χ1v) is 38.1. The van der Waals surface area contributed by atoms with Gasteiger partial charge in [-0.1, -0.05) is 357 Å². The van der Waals surface area contributed by atoms with Gasteiger partial charge < -0.3 is 20.3 Å². The SMILES string of the molecule is CCCCCC/C=C\C/C=C\CCCCCCCCCC(=O)OCCCCCCCCCCCCCCCCC/C=C\C/C=C\CCCCCCCCCCCCCCCCCCCC(=O)NC(CO)C(O)/C=C/CCCCCCCCCCC. The van der Waals surface area contributed by atoms with Crippen molar-refractivity contribution in [1.82, 2.24) is 5.32 Å². The number of hydrogen-bond acceptors (Lipinski definition) is 5. The number of hydrogen-bond donors (Lipinski definition) is 3. The van der Waals surface area contributed by atoms with Crippen LogP contribution in [0, 0.1) is 0 Å². The normalized spacial score (nSPS) is 12.8. The first-order chi connectivity index (χ1) is 42.0. The molecule has 0 aromatic rings. The largest absolute Gasteiger partial charge is 0.466 e. The van der Waals surface area contributed by atoms with Crippen LogP contribution in [0.3, 0.4) is 0 Å². The Kier molecular flexibility index (Phi) is 71.9. The number of rotatable bonds is 71. The van der Waals surface area contributed by atoms with Crippen LogP contribution in [0.5, 0.6) is 0 Å². The molecule has 0 bridgehead atoms. The number of carbonyl (C=O) groups is 2. The second kappa shape index (κ2) is 74.0. The van der Waals surface area contributed by atoms with E-state index >= 15 is 0 Å². The van der Waals surface area contributed by atoms with Gasteiger partial charge in [-0.05, 0) is 96.3 Å². The van der Waals surface area contributed by atoms with Crippen LogP contribution in [0.15, 0.2) is 60.8 Å². The number of esters is 1. The molecule has 6 nitrogen and oxygen atoms in total. The van der Waals surface area contributed by atoms with Crippen molar-refractivity contribution >= 4 is 11.9 Å². The summed E-state index contributed by atoms with van der Waals surface area (Å²) in [5, 5.41) is 23.1. The summed E-state index contributed by atoms with van der Waals surface area (Å²) in [5.74, 6) is -0.0523. The fraction of sp³-hybridized carbons (Fsp3) is 0.848. The Balaban J connectivity index is 3.35. The van der Waals surface area contributed by atoms with Crippen molar-refractivity contribution in [3.05, 3.63) is 60.8 Å². The lowest BCUT2D eigenvalue weighted by molar-refractivity contribution is -0.143. The van der Waals surface area contributed by atoms with Gasteiger partial charge in [-0.2, -0.15) is 0 Å². The molecule has 6 heteroatoms. The predicted molar refractivity (Wildman–Crippen MR) is 375 cm³/mol. The van der Waals surface area contributed by atoms with Crippen molar-refractivity contribution in [2.45, 2.75) is 418 Å². The highest BCUT2D eigenvalue weighted by atomic mass is 16.5. The minimum absolute atomic E-state index is 0.0128. The van der Waals surface area contributed by atoms with Crippen molar-refractivity contribution in [2.24, 2.45) is 0 Å². The number of ether oxygens (including phenoxy) is 1. The Labute approximate surface area is 530 Å². The average molecular weight is 1190 g/mol. The predicted octanol–water partition coefficient (Wildman–Crippen LogP) is 25.0. The zero-order valence-electron chi connectivity index (χ0n) is 57.1. The number of unbranched alkanes of at least 4 members (excludes halogenated alkanes) is 52. The van der Waals surface area contributed by atoms with E-state index in [0.717, 1.165) is 57.8 Å². The first kappa shape index (κ1) is 82.6. The second-order valence-electron chi connectivity index (χ2n) is 26.0. The van der Waals surface area contributed by atoms with Crippen molar-refractivity contribution in [3.8, 4) is 0 Å². The maximum Gasteiger partial charge on any atom is 0.305 e. The van der Waals surface area contributed by atoms with E-state index in [1.54, 1.807) is 6.08 Å². The third kappa shape index (κ3) is 70.5. The molecule has 0 radical (unpaired) electrons. The van der Waals surface area contributed by atoms with E-state index in [1.807, 2.05) is 6.08 Å². The Morgan fingerprint density at radius 2 is 0.588 bits per heavy atom. The monoisotopic (exact) mass is 1190 g/mol. The number of carbonyl (C=O) groups excluding carboxylic acids is 2. The van der Waals surface area contributed by atoms with Crippen LogP contribution in [0.4, 0.5) is 0 Å². The summed E-state index contributed by atoms with van der Waals surface area (Å²) in [7, 11) is 0. The zero-order chi connectivity index (χ0) is 61.3. The van der Waals surface area contributed by atoms with Crippen molar-refractivity contribution < 1.29 is 24.5 Å². The van der Waals surface area contributed by atoms with Gasteiger partial charge in [-0.15, -0.1) is 0 Å². The van der Waals surface area contributed by atoms with E-state index in [9.17, 15) is 19.8 Å². The highest BCUT2D eigenvalue weighted by Gasteiger charge is 2.18. The van der Waals surface area contributed by atoms with Crippen molar-refractivity contribution in [2.75, 3.05) is 13.2 Å². The van der Waals surface area contributed by atoms with Crippen molar-refractivity contribution in [3.63, 3.8) is 0 Å². The molecule has 0 saturated carbocycles. The van der Waals surface area contributed by atoms with Gasteiger partial charge in [0.25, 0.3) is 0 Å². The van der Waals surface area contributed by atoms with Gasteiger partial charge in [-0.25, -0.2) is 0 Å². The van der Waals surface area contributed by atoms with Gasteiger partial charge in [0.2, 0.25) is 5.91 Å². The Hall–Kier alpha value is -2.44. The number of nitrogens with one attached hydrogen (secondary N) is 1. The second-order valence-corrected chi connectivity index (χ2v) is 26.0. The third-order valence-corrected chi connectivity index (χ3v) is 17.5. The minimum atomic E-state index is -0.841. The summed E-state index contributed by atoms with van der Waals surface area (Å²) in [5.41, 5.74) is 0. The van der Waals surface area contributed by atoms with Gasteiger partial charge in [0.15, 0.2) is 0 Å². The first-order valence-electron chi connectivity index (χ1n) is 38.1. The molecule has 0 fully saturated rings. The molecule has 0 aliphatic heterocycles. The fourth-order valence-corrected chi connectivity index (χ4v) is 11.7. The van der Waals surface area contributed by atoms with Crippen LogP contribution in [0.2, 0.25) is 0 Å². The maximum absolute atomic E-state index is 12.4. The highest BCUT2D eigenvalue weighted by molar-refractivity contribution is 5.76. The van der Waals surface area contributed by atoms with Crippen LogP contribution in [-0.2, 0) is 14.3 Å². The Bertz CT molecular complexity index is 1470. The molecule has 0 rings (SSSR count). The summed E-state index contributed by atoms with van der Waals surface area (Å²) in [4.78, 5) is 24.6. The molecule has 1 amide bonds. The molecular formula is C79H147NO5. The average Bonchev–Trinajstić information content (AvgIpc) is 3.51.